The molecule has 2 rings (SSSR count). The van der Waals surface area contributed by atoms with Crippen molar-refractivity contribution in [2.45, 2.75) is 12.5 Å². The Kier molecular flexibility index (Phi) is 2.88. The Balaban J connectivity index is 2.24. The van der Waals surface area contributed by atoms with Gasteiger partial charge in [0.15, 0.2) is 6.10 Å². The first kappa shape index (κ1) is 10.4. The number of aliphatic hydroxyl groups excluding tert-OH is 1. The van der Waals surface area contributed by atoms with E-state index >= 15 is 0 Å². The third-order valence-corrected chi connectivity index (χ3v) is 2.49. The average Bonchev–Trinajstić information content (AvgIpc) is 2.66. The third kappa shape index (κ3) is 2.11. The Morgan fingerprint density at radius 1 is 1.60 bits per heavy atom. The first-order valence-corrected chi connectivity index (χ1v) is 4.87. The minimum Gasteiger partial charge on any atom is -0.392 e. The molecule has 1 atom stereocenters. The van der Waals surface area contributed by atoms with Gasteiger partial charge in [0.05, 0.1) is 17.3 Å². The van der Waals surface area contributed by atoms with Crippen LogP contribution in [0.15, 0.2) is 23.4 Å². The van der Waals surface area contributed by atoms with Gasteiger partial charge in [0.2, 0.25) is 0 Å². The van der Waals surface area contributed by atoms with Crippen molar-refractivity contribution in [3.8, 4) is 0 Å². The van der Waals surface area contributed by atoms with Crippen LogP contribution in [0.25, 0.3) is 0 Å². The van der Waals surface area contributed by atoms with Crippen LogP contribution >= 0.6 is 11.6 Å². The van der Waals surface area contributed by atoms with E-state index in [0.29, 0.717) is 22.7 Å². The van der Waals surface area contributed by atoms with E-state index in [1.807, 2.05) is 0 Å². The number of oxime groups is 1. The van der Waals surface area contributed by atoms with E-state index in [0.717, 1.165) is 0 Å². The molecule has 0 radical (unpaired) electrons. The quantitative estimate of drug-likeness (QED) is 0.843. The van der Waals surface area contributed by atoms with Crippen molar-refractivity contribution in [2.75, 3.05) is 6.61 Å². The van der Waals surface area contributed by atoms with E-state index < -0.39 is 0 Å². The van der Waals surface area contributed by atoms with Crippen LogP contribution in [0.4, 0.5) is 4.39 Å². The van der Waals surface area contributed by atoms with Gasteiger partial charge in [0, 0.05) is 12.0 Å². The summed E-state index contributed by atoms with van der Waals surface area (Å²) in [5, 5.41) is 13.0. The highest BCUT2D eigenvalue weighted by Crippen LogP contribution is 2.23. The molecule has 1 aliphatic heterocycles. The summed E-state index contributed by atoms with van der Waals surface area (Å²) < 4.78 is 12.8. The highest BCUT2D eigenvalue weighted by molar-refractivity contribution is 6.34. The van der Waals surface area contributed by atoms with Crippen molar-refractivity contribution in [1.82, 2.24) is 0 Å². The van der Waals surface area contributed by atoms with Gasteiger partial charge in [0.25, 0.3) is 0 Å². The summed E-state index contributed by atoms with van der Waals surface area (Å²) in [5.41, 5.74) is 1.29. The summed E-state index contributed by atoms with van der Waals surface area (Å²) in [7, 11) is 0. The molecule has 15 heavy (non-hydrogen) atoms. The lowest BCUT2D eigenvalue weighted by atomic mass is 10.1. The van der Waals surface area contributed by atoms with Crippen LogP contribution in [0.1, 0.15) is 12.0 Å². The van der Waals surface area contributed by atoms with Crippen molar-refractivity contribution in [2.24, 2.45) is 5.16 Å². The summed E-state index contributed by atoms with van der Waals surface area (Å²) in [6.45, 7) is -0.0915. The van der Waals surface area contributed by atoms with Crippen LogP contribution in [0.3, 0.4) is 0 Å². The van der Waals surface area contributed by atoms with Gasteiger partial charge in [-0.3, -0.25) is 0 Å². The maximum Gasteiger partial charge on any atom is 0.156 e. The second-order valence-electron chi connectivity index (χ2n) is 3.28. The molecule has 1 heterocycles. The lowest BCUT2D eigenvalue weighted by Gasteiger charge is -2.03. The molecule has 5 heteroatoms. The van der Waals surface area contributed by atoms with Gasteiger partial charge in [-0.25, -0.2) is 4.39 Å². The predicted molar refractivity (Wildman–Crippen MR) is 54.5 cm³/mol. The van der Waals surface area contributed by atoms with Gasteiger partial charge < -0.3 is 9.94 Å². The van der Waals surface area contributed by atoms with Crippen LogP contribution in [0.5, 0.6) is 0 Å². The van der Waals surface area contributed by atoms with Crippen molar-refractivity contribution in [3.05, 3.63) is 34.6 Å². The van der Waals surface area contributed by atoms with Gasteiger partial charge in [-0.05, 0) is 18.2 Å². The molecule has 1 aromatic rings. The molecule has 0 saturated heterocycles. The van der Waals surface area contributed by atoms with E-state index in [2.05, 4.69) is 5.16 Å². The number of nitrogens with zero attached hydrogens (tertiary/aromatic N) is 1. The van der Waals surface area contributed by atoms with Gasteiger partial charge in [-0.15, -0.1) is 0 Å². The second kappa shape index (κ2) is 4.16. The number of benzene rings is 1. The number of rotatable bonds is 2. The van der Waals surface area contributed by atoms with Crippen molar-refractivity contribution in [3.63, 3.8) is 0 Å². The average molecular weight is 230 g/mol. The summed E-state index contributed by atoms with van der Waals surface area (Å²) >= 11 is 5.86. The summed E-state index contributed by atoms with van der Waals surface area (Å²) in [6.07, 6.45) is 0.170. The minimum atomic E-state index is -0.387. The molecule has 1 aliphatic rings. The second-order valence-corrected chi connectivity index (χ2v) is 3.68. The molecule has 0 bridgehead atoms. The molecule has 0 saturated carbocycles. The first-order chi connectivity index (χ1) is 7.20. The number of hydrogen-bond donors (Lipinski definition) is 1. The van der Waals surface area contributed by atoms with Gasteiger partial charge >= 0.3 is 0 Å². The molecule has 0 aromatic heterocycles. The molecule has 0 amide bonds. The fraction of sp³-hybridized carbons (Fsp3) is 0.300. The Bertz CT molecular complexity index is 408. The van der Waals surface area contributed by atoms with Gasteiger partial charge in [0.1, 0.15) is 5.82 Å². The monoisotopic (exact) mass is 229 g/mol. The lowest BCUT2D eigenvalue weighted by molar-refractivity contribution is 0.0390. The van der Waals surface area contributed by atoms with Gasteiger partial charge in [-0.2, -0.15) is 0 Å². The molecule has 0 spiro atoms. The first-order valence-electron chi connectivity index (χ1n) is 4.49. The van der Waals surface area contributed by atoms with Gasteiger partial charge in [-0.1, -0.05) is 16.8 Å². The summed E-state index contributed by atoms with van der Waals surface area (Å²) in [5.74, 6) is -0.387. The number of aliphatic hydroxyl groups is 1. The maximum absolute atomic E-state index is 12.8. The zero-order valence-electron chi connectivity index (χ0n) is 7.78. The van der Waals surface area contributed by atoms with Crippen molar-refractivity contribution in [1.29, 1.82) is 0 Å². The van der Waals surface area contributed by atoms with E-state index in [4.69, 9.17) is 21.5 Å². The zero-order valence-corrected chi connectivity index (χ0v) is 8.54. The molecular weight excluding hydrogens is 221 g/mol. The fourth-order valence-corrected chi connectivity index (χ4v) is 1.69. The Hall–Kier alpha value is -1.13. The molecule has 0 aliphatic carbocycles. The topological polar surface area (TPSA) is 41.8 Å². The summed E-state index contributed by atoms with van der Waals surface area (Å²) in [6, 6.07) is 4.10. The van der Waals surface area contributed by atoms with Crippen LogP contribution in [-0.4, -0.2) is 23.5 Å². The number of halogens is 2. The standard InChI is InChI=1S/C10H9ClFNO2/c11-9-3-6(12)1-2-8(9)10-4-7(5-14)15-13-10/h1-3,7,14H,4-5H2. The van der Waals surface area contributed by atoms with Crippen LogP contribution in [0, 0.1) is 5.82 Å². The molecular formula is C10H9ClFNO2. The van der Waals surface area contributed by atoms with Crippen LogP contribution in [-0.2, 0) is 4.84 Å². The molecule has 0 fully saturated rings. The Morgan fingerprint density at radius 3 is 3.00 bits per heavy atom. The Morgan fingerprint density at radius 2 is 2.40 bits per heavy atom. The molecule has 1 aromatic carbocycles. The Labute approximate surface area is 91.1 Å². The smallest absolute Gasteiger partial charge is 0.156 e. The minimum absolute atomic E-state index is 0.0915. The normalized spacial score (nSPS) is 19.9. The van der Waals surface area contributed by atoms with Crippen LogP contribution in [0.2, 0.25) is 5.02 Å². The van der Waals surface area contributed by atoms with E-state index in [-0.39, 0.29) is 18.5 Å². The zero-order chi connectivity index (χ0) is 10.8. The van der Waals surface area contributed by atoms with E-state index in [1.165, 1.54) is 12.1 Å². The highest BCUT2D eigenvalue weighted by Gasteiger charge is 2.22. The molecule has 3 nitrogen and oxygen atoms in total. The number of hydrogen-bond acceptors (Lipinski definition) is 3. The SMILES string of the molecule is OCC1CC(c2ccc(F)cc2Cl)=NO1. The predicted octanol–water partition coefficient (Wildman–Crippen LogP) is 1.96. The molecule has 1 unspecified atom stereocenters. The molecule has 1 N–H and O–H groups in total. The fourth-order valence-electron chi connectivity index (χ4n) is 1.41. The van der Waals surface area contributed by atoms with Crippen molar-refractivity contribution >= 4 is 17.3 Å². The largest absolute Gasteiger partial charge is 0.392 e. The van der Waals surface area contributed by atoms with E-state index in [9.17, 15) is 4.39 Å². The highest BCUT2D eigenvalue weighted by atomic mass is 35.5. The van der Waals surface area contributed by atoms with Crippen molar-refractivity contribution < 1.29 is 14.3 Å². The lowest BCUT2D eigenvalue weighted by Crippen LogP contribution is -2.12. The third-order valence-electron chi connectivity index (χ3n) is 2.18. The summed E-state index contributed by atoms with van der Waals surface area (Å²) in [4.78, 5) is 4.94. The maximum atomic E-state index is 12.8. The van der Waals surface area contributed by atoms with Crippen LogP contribution < -0.4 is 0 Å². The molecule has 80 valence electrons. The van der Waals surface area contributed by atoms with E-state index in [1.54, 1.807) is 6.07 Å².